The number of carbonyl (C=O) groups is 1. The zero-order chi connectivity index (χ0) is 20.2. The summed E-state index contributed by atoms with van der Waals surface area (Å²) in [5.74, 6) is -7.48. The number of aliphatic hydroxyl groups is 1. The van der Waals surface area contributed by atoms with E-state index in [9.17, 15) is 31.4 Å². The third-order valence-electron chi connectivity index (χ3n) is 3.46. The van der Waals surface area contributed by atoms with E-state index in [1.165, 1.54) is 26.0 Å². The number of aliphatic carboxylic acids is 1. The molecule has 0 spiro atoms. The van der Waals surface area contributed by atoms with Crippen LogP contribution in [0.25, 0.3) is 0 Å². The smallest absolute Gasteiger partial charge is 0.475 e. The molecule has 0 saturated carbocycles. The van der Waals surface area contributed by atoms with Gasteiger partial charge < -0.3 is 15.9 Å². The standard InChI is InChI=1S/C13H18F3NO.C2HF3O2/c1-4-12(3,18)13(15,16)10-7-5-6-9(8(2)17)11(10)14;3-2(4,5)1(6)7/h5-8,18H,4,17H2,1-3H3;(H,6,7)/t8-,12-;/m1./s1. The largest absolute Gasteiger partial charge is 0.490 e. The van der Waals surface area contributed by atoms with Crippen LogP contribution in [0, 0.1) is 5.82 Å². The molecular weight excluding hydrogens is 356 g/mol. The van der Waals surface area contributed by atoms with E-state index in [0.29, 0.717) is 0 Å². The molecule has 0 unspecified atom stereocenters. The molecule has 0 saturated heterocycles. The fourth-order valence-corrected chi connectivity index (χ4v) is 1.66. The Morgan fingerprint density at radius 3 is 2.00 bits per heavy atom. The number of hydrogen-bond acceptors (Lipinski definition) is 3. The molecule has 25 heavy (non-hydrogen) atoms. The monoisotopic (exact) mass is 375 g/mol. The molecule has 0 aromatic heterocycles. The maximum absolute atomic E-state index is 14.1. The minimum absolute atomic E-state index is 0.0130. The molecule has 144 valence electrons. The quantitative estimate of drug-likeness (QED) is 0.701. The minimum atomic E-state index is -5.08. The molecule has 2 atom stereocenters. The van der Waals surface area contributed by atoms with E-state index in [0.717, 1.165) is 13.0 Å². The van der Waals surface area contributed by atoms with E-state index in [-0.39, 0.29) is 12.0 Å². The van der Waals surface area contributed by atoms with Crippen molar-refractivity contribution in [3.63, 3.8) is 0 Å². The Hall–Kier alpha value is -1.81. The van der Waals surface area contributed by atoms with E-state index in [1.807, 2.05) is 0 Å². The predicted octanol–water partition coefficient (Wildman–Crippen LogP) is 3.73. The van der Waals surface area contributed by atoms with Crippen molar-refractivity contribution in [1.29, 1.82) is 0 Å². The number of halogens is 6. The highest BCUT2D eigenvalue weighted by Gasteiger charge is 2.51. The normalized spacial score (nSPS) is 15.6. The highest BCUT2D eigenvalue weighted by atomic mass is 19.4. The van der Waals surface area contributed by atoms with Crippen LogP contribution in [-0.4, -0.2) is 28.0 Å². The van der Waals surface area contributed by atoms with Crippen molar-refractivity contribution in [2.45, 2.75) is 50.9 Å². The number of carboxylic acid groups (broad SMARTS) is 1. The second-order valence-corrected chi connectivity index (χ2v) is 5.50. The molecule has 1 aromatic rings. The maximum Gasteiger partial charge on any atom is 0.490 e. The lowest BCUT2D eigenvalue weighted by molar-refractivity contribution is -0.192. The fourth-order valence-electron chi connectivity index (χ4n) is 1.66. The van der Waals surface area contributed by atoms with Gasteiger partial charge in [0.25, 0.3) is 0 Å². The summed E-state index contributed by atoms with van der Waals surface area (Å²) in [5, 5.41) is 16.8. The molecule has 4 N–H and O–H groups in total. The Labute approximate surface area is 140 Å². The topological polar surface area (TPSA) is 83.5 Å². The van der Waals surface area contributed by atoms with E-state index in [2.05, 4.69) is 0 Å². The molecule has 0 aliphatic heterocycles. The van der Waals surface area contributed by atoms with Crippen LogP contribution in [-0.2, 0) is 10.7 Å². The van der Waals surface area contributed by atoms with Crippen LogP contribution in [0.1, 0.15) is 44.4 Å². The van der Waals surface area contributed by atoms with Crippen LogP contribution in [0.4, 0.5) is 26.3 Å². The molecule has 4 nitrogen and oxygen atoms in total. The van der Waals surface area contributed by atoms with Gasteiger partial charge in [-0.05, 0) is 26.3 Å². The summed E-state index contributed by atoms with van der Waals surface area (Å²) < 4.78 is 74.0. The average Bonchev–Trinajstić information content (AvgIpc) is 2.46. The van der Waals surface area contributed by atoms with Crippen molar-refractivity contribution in [2.75, 3.05) is 0 Å². The molecule has 10 heteroatoms. The van der Waals surface area contributed by atoms with Crippen LogP contribution < -0.4 is 5.73 Å². The summed E-state index contributed by atoms with van der Waals surface area (Å²) in [5.41, 5.74) is 2.42. The second kappa shape index (κ2) is 8.05. The molecule has 0 bridgehead atoms. The van der Waals surface area contributed by atoms with E-state index in [4.69, 9.17) is 15.6 Å². The Balaban J connectivity index is 0.000000697. The third kappa shape index (κ3) is 5.60. The van der Waals surface area contributed by atoms with Gasteiger partial charge in [0.2, 0.25) is 0 Å². The number of carboxylic acids is 1. The average molecular weight is 375 g/mol. The van der Waals surface area contributed by atoms with Crippen molar-refractivity contribution in [3.05, 3.63) is 35.1 Å². The Kier molecular flexibility index (Phi) is 7.46. The van der Waals surface area contributed by atoms with Crippen LogP contribution in [0.2, 0.25) is 0 Å². The van der Waals surface area contributed by atoms with Crippen LogP contribution in [0.5, 0.6) is 0 Å². The summed E-state index contributed by atoms with van der Waals surface area (Å²) in [7, 11) is 0. The number of benzene rings is 1. The van der Waals surface area contributed by atoms with E-state index >= 15 is 0 Å². The minimum Gasteiger partial charge on any atom is -0.475 e. The van der Waals surface area contributed by atoms with Crippen LogP contribution >= 0.6 is 0 Å². The first-order valence-corrected chi connectivity index (χ1v) is 7.04. The van der Waals surface area contributed by atoms with Gasteiger partial charge in [-0.15, -0.1) is 0 Å². The highest BCUT2D eigenvalue weighted by Crippen LogP contribution is 2.42. The van der Waals surface area contributed by atoms with Crippen LogP contribution in [0.15, 0.2) is 18.2 Å². The van der Waals surface area contributed by atoms with Crippen molar-refractivity contribution in [2.24, 2.45) is 5.73 Å². The molecule has 0 heterocycles. The van der Waals surface area contributed by atoms with Gasteiger partial charge in [0.1, 0.15) is 11.4 Å². The Morgan fingerprint density at radius 1 is 1.24 bits per heavy atom. The van der Waals surface area contributed by atoms with Gasteiger partial charge in [-0.3, -0.25) is 0 Å². The molecule has 0 radical (unpaired) electrons. The summed E-state index contributed by atoms with van der Waals surface area (Å²) >= 11 is 0. The Morgan fingerprint density at radius 2 is 1.68 bits per heavy atom. The summed E-state index contributed by atoms with van der Waals surface area (Å²) in [4.78, 5) is 8.90. The predicted molar refractivity (Wildman–Crippen MR) is 77.5 cm³/mol. The number of nitrogens with two attached hydrogens (primary N) is 1. The number of alkyl halides is 5. The molecule has 1 rings (SSSR count). The van der Waals surface area contributed by atoms with E-state index < -0.39 is 41.1 Å². The first-order chi connectivity index (χ1) is 11.1. The molecule has 0 aliphatic carbocycles. The molecule has 1 aromatic carbocycles. The second-order valence-electron chi connectivity index (χ2n) is 5.50. The highest BCUT2D eigenvalue weighted by molar-refractivity contribution is 5.73. The van der Waals surface area contributed by atoms with Crippen molar-refractivity contribution < 1.29 is 41.4 Å². The summed E-state index contributed by atoms with van der Waals surface area (Å²) in [6.45, 7) is 3.92. The van der Waals surface area contributed by atoms with Gasteiger partial charge in [-0.2, -0.15) is 22.0 Å². The zero-order valence-electron chi connectivity index (χ0n) is 13.7. The van der Waals surface area contributed by atoms with Gasteiger partial charge in [-0.1, -0.05) is 19.1 Å². The van der Waals surface area contributed by atoms with E-state index in [1.54, 1.807) is 0 Å². The lowest BCUT2D eigenvalue weighted by atomic mass is 9.87. The van der Waals surface area contributed by atoms with Crippen molar-refractivity contribution in [1.82, 2.24) is 0 Å². The first-order valence-electron chi connectivity index (χ1n) is 7.04. The van der Waals surface area contributed by atoms with Gasteiger partial charge in [0.15, 0.2) is 0 Å². The van der Waals surface area contributed by atoms with Crippen molar-refractivity contribution >= 4 is 5.97 Å². The van der Waals surface area contributed by atoms with Gasteiger partial charge >= 0.3 is 18.1 Å². The van der Waals surface area contributed by atoms with Crippen LogP contribution in [0.3, 0.4) is 0 Å². The Bertz CT molecular complexity index is 599. The van der Waals surface area contributed by atoms with Gasteiger partial charge in [0, 0.05) is 11.6 Å². The summed E-state index contributed by atoms with van der Waals surface area (Å²) in [6, 6.07) is 2.97. The van der Waals surface area contributed by atoms with Gasteiger partial charge in [0.05, 0.1) is 5.56 Å². The van der Waals surface area contributed by atoms with Gasteiger partial charge in [-0.25, -0.2) is 9.18 Å². The third-order valence-corrected chi connectivity index (χ3v) is 3.46. The maximum atomic E-state index is 14.1. The lowest BCUT2D eigenvalue weighted by Gasteiger charge is -2.32. The number of rotatable bonds is 4. The lowest BCUT2D eigenvalue weighted by Crippen LogP contribution is -2.43. The first kappa shape index (κ1) is 23.2. The molecule has 0 aliphatic rings. The number of hydrogen-bond donors (Lipinski definition) is 3. The summed E-state index contributed by atoms with van der Waals surface area (Å²) in [6.07, 6.45) is -5.28. The molecular formula is C15H19F6NO3. The molecule has 0 amide bonds. The zero-order valence-corrected chi connectivity index (χ0v) is 13.7. The SMILES string of the molecule is CC[C@@](C)(O)C(F)(F)c1cccc([C@@H](C)N)c1F.O=C(O)C(F)(F)F. The van der Waals surface area contributed by atoms with Crippen molar-refractivity contribution in [3.8, 4) is 0 Å². The fraction of sp³-hybridized carbons (Fsp3) is 0.533. The molecule has 0 fully saturated rings.